The van der Waals surface area contributed by atoms with Gasteiger partial charge in [0.15, 0.2) is 0 Å². The first-order chi connectivity index (χ1) is 13.3. The fourth-order valence-corrected chi connectivity index (χ4v) is 3.84. The Morgan fingerprint density at radius 1 is 1.14 bits per heavy atom. The number of halogens is 1. The normalized spacial score (nSPS) is 15.4. The molecule has 1 saturated heterocycles. The lowest BCUT2D eigenvalue weighted by atomic mass is 10.1. The smallest absolute Gasteiger partial charge is 0.293 e. The van der Waals surface area contributed by atoms with Gasteiger partial charge in [-0.15, -0.1) is 0 Å². The number of nitrogens with zero attached hydrogens (tertiary/aromatic N) is 1. The fourth-order valence-electron chi connectivity index (χ4n) is 2.85. The molecule has 3 amide bonds. The van der Waals surface area contributed by atoms with Crippen LogP contribution in [-0.2, 0) is 4.79 Å². The minimum Gasteiger partial charge on any atom is -0.350 e. The number of carbonyl (C=O) groups excluding carboxylic acids is 3. The maximum Gasteiger partial charge on any atom is 0.293 e. The van der Waals surface area contributed by atoms with Crippen molar-refractivity contribution in [2.45, 2.75) is 13.8 Å². The van der Waals surface area contributed by atoms with Gasteiger partial charge in [-0.1, -0.05) is 41.4 Å². The molecule has 28 heavy (non-hydrogen) atoms. The first kappa shape index (κ1) is 20.2. The van der Waals surface area contributed by atoms with Crippen molar-refractivity contribution in [2.75, 3.05) is 13.1 Å². The number of nitrogens with one attached hydrogen (secondary N) is 1. The number of imide groups is 1. The van der Waals surface area contributed by atoms with E-state index in [4.69, 9.17) is 11.6 Å². The van der Waals surface area contributed by atoms with Gasteiger partial charge in [-0.3, -0.25) is 19.3 Å². The molecule has 0 aromatic heterocycles. The molecule has 0 spiro atoms. The summed E-state index contributed by atoms with van der Waals surface area (Å²) in [6, 6.07) is 12.6. The molecule has 1 heterocycles. The maximum absolute atomic E-state index is 12.5. The summed E-state index contributed by atoms with van der Waals surface area (Å²) in [7, 11) is 0. The lowest BCUT2D eigenvalue weighted by molar-refractivity contribution is -0.122. The van der Waals surface area contributed by atoms with Crippen LogP contribution < -0.4 is 5.32 Å². The number of benzene rings is 2. The van der Waals surface area contributed by atoms with Crippen LogP contribution in [0, 0.1) is 13.8 Å². The summed E-state index contributed by atoms with van der Waals surface area (Å²) in [6.07, 6.45) is 1.66. The molecular formula is C21H19ClN2O3S. The number of carbonyl (C=O) groups is 3. The van der Waals surface area contributed by atoms with Crippen LogP contribution in [0.2, 0.25) is 5.02 Å². The zero-order chi connectivity index (χ0) is 20.3. The lowest BCUT2D eigenvalue weighted by Gasteiger charge is -2.13. The van der Waals surface area contributed by atoms with Crippen LogP contribution in [0.1, 0.15) is 27.0 Å². The summed E-state index contributed by atoms with van der Waals surface area (Å²) < 4.78 is 0. The highest BCUT2D eigenvalue weighted by atomic mass is 35.5. The van der Waals surface area contributed by atoms with E-state index in [2.05, 4.69) is 5.32 Å². The van der Waals surface area contributed by atoms with Crippen molar-refractivity contribution in [1.29, 1.82) is 0 Å². The predicted octanol–water partition coefficient (Wildman–Crippen LogP) is 4.42. The highest BCUT2D eigenvalue weighted by molar-refractivity contribution is 8.18. The molecule has 144 valence electrons. The topological polar surface area (TPSA) is 66.5 Å². The minimum absolute atomic E-state index is 0.124. The molecule has 5 nitrogen and oxygen atoms in total. The Bertz CT molecular complexity index is 970. The molecule has 2 aromatic carbocycles. The van der Waals surface area contributed by atoms with Crippen molar-refractivity contribution in [3.05, 3.63) is 74.6 Å². The second-order valence-electron chi connectivity index (χ2n) is 6.46. The van der Waals surface area contributed by atoms with Crippen molar-refractivity contribution >= 4 is 46.5 Å². The predicted molar refractivity (Wildman–Crippen MR) is 112 cm³/mol. The van der Waals surface area contributed by atoms with Crippen molar-refractivity contribution in [2.24, 2.45) is 0 Å². The average molecular weight is 415 g/mol. The SMILES string of the molecule is Cc1ccc(C(=O)NCCN2C(=O)SC(=Cc3ccc(Cl)cc3)C2=O)c(C)c1. The van der Waals surface area contributed by atoms with E-state index >= 15 is 0 Å². The molecule has 2 aromatic rings. The van der Waals surface area contributed by atoms with E-state index in [0.717, 1.165) is 33.4 Å². The van der Waals surface area contributed by atoms with E-state index in [0.29, 0.717) is 15.5 Å². The molecular weight excluding hydrogens is 396 g/mol. The molecule has 0 unspecified atom stereocenters. The van der Waals surface area contributed by atoms with E-state index in [1.165, 1.54) is 0 Å². The van der Waals surface area contributed by atoms with Gasteiger partial charge in [0.2, 0.25) is 0 Å². The third-order valence-electron chi connectivity index (χ3n) is 4.29. The van der Waals surface area contributed by atoms with Crippen LogP contribution >= 0.6 is 23.4 Å². The molecule has 7 heteroatoms. The standard InChI is InChI=1S/C21H19ClN2O3S/c1-13-3-8-17(14(2)11-13)19(25)23-9-10-24-20(26)18(28-21(24)27)12-15-4-6-16(22)7-5-15/h3-8,11-12H,9-10H2,1-2H3,(H,23,25). The van der Waals surface area contributed by atoms with Gasteiger partial charge in [-0.25, -0.2) is 0 Å². The van der Waals surface area contributed by atoms with Gasteiger partial charge in [0.25, 0.3) is 17.1 Å². The van der Waals surface area contributed by atoms with Gasteiger partial charge in [0.05, 0.1) is 4.91 Å². The van der Waals surface area contributed by atoms with Gasteiger partial charge < -0.3 is 5.32 Å². The molecule has 0 bridgehead atoms. The van der Waals surface area contributed by atoms with Gasteiger partial charge in [-0.05, 0) is 61.0 Å². The van der Waals surface area contributed by atoms with Crippen LogP contribution in [0.25, 0.3) is 6.08 Å². The lowest BCUT2D eigenvalue weighted by Crippen LogP contribution is -2.37. The molecule has 3 rings (SSSR count). The molecule has 1 aliphatic rings. The summed E-state index contributed by atoms with van der Waals surface area (Å²) >= 11 is 6.75. The van der Waals surface area contributed by atoms with Crippen LogP contribution in [0.5, 0.6) is 0 Å². The Labute approximate surface area is 172 Å². The first-order valence-corrected chi connectivity index (χ1v) is 9.91. The number of hydrogen-bond donors (Lipinski definition) is 1. The van der Waals surface area contributed by atoms with Crippen LogP contribution in [0.4, 0.5) is 4.79 Å². The summed E-state index contributed by atoms with van der Waals surface area (Å²) in [4.78, 5) is 38.5. The third kappa shape index (κ3) is 4.64. The molecule has 0 radical (unpaired) electrons. The highest BCUT2D eigenvalue weighted by Gasteiger charge is 2.34. The van der Waals surface area contributed by atoms with E-state index in [1.807, 2.05) is 26.0 Å². The van der Waals surface area contributed by atoms with Gasteiger partial charge in [0.1, 0.15) is 0 Å². The number of amides is 3. The zero-order valence-corrected chi connectivity index (χ0v) is 17.1. The molecule has 1 fully saturated rings. The van der Waals surface area contributed by atoms with Crippen molar-refractivity contribution in [3.8, 4) is 0 Å². The summed E-state index contributed by atoms with van der Waals surface area (Å²) in [6.45, 7) is 4.16. The second-order valence-corrected chi connectivity index (χ2v) is 7.89. The van der Waals surface area contributed by atoms with Gasteiger partial charge in [0, 0.05) is 23.7 Å². The van der Waals surface area contributed by atoms with Crippen LogP contribution in [0.15, 0.2) is 47.4 Å². The Kier molecular flexibility index (Phi) is 6.21. The summed E-state index contributed by atoms with van der Waals surface area (Å²) in [5.41, 5.74) is 3.34. The van der Waals surface area contributed by atoms with E-state index < -0.39 is 0 Å². The van der Waals surface area contributed by atoms with Gasteiger partial charge in [-0.2, -0.15) is 0 Å². The Hall–Kier alpha value is -2.57. The van der Waals surface area contributed by atoms with E-state index in [1.54, 1.807) is 36.4 Å². The zero-order valence-electron chi connectivity index (χ0n) is 15.5. The monoisotopic (exact) mass is 414 g/mol. The average Bonchev–Trinajstić information content (AvgIpc) is 2.91. The largest absolute Gasteiger partial charge is 0.350 e. The van der Waals surface area contributed by atoms with Crippen molar-refractivity contribution in [1.82, 2.24) is 10.2 Å². The number of rotatable bonds is 5. The van der Waals surface area contributed by atoms with E-state index in [-0.39, 0.29) is 30.1 Å². The van der Waals surface area contributed by atoms with Crippen LogP contribution in [-0.4, -0.2) is 35.0 Å². The minimum atomic E-state index is -0.356. The molecule has 1 aliphatic heterocycles. The Morgan fingerprint density at radius 2 is 1.86 bits per heavy atom. The molecule has 0 saturated carbocycles. The first-order valence-electron chi connectivity index (χ1n) is 8.71. The molecule has 1 N–H and O–H groups in total. The highest BCUT2D eigenvalue weighted by Crippen LogP contribution is 2.32. The summed E-state index contributed by atoms with van der Waals surface area (Å²) in [5, 5.41) is 3.03. The molecule has 0 aliphatic carbocycles. The Morgan fingerprint density at radius 3 is 2.54 bits per heavy atom. The third-order valence-corrected chi connectivity index (χ3v) is 5.45. The summed E-state index contributed by atoms with van der Waals surface area (Å²) in [5.74, 6) is -0.577. The van der Waals surface area contributed by atoms with E-state index in [9.17, 15) is 14.4 Å². The van der Waals surface area contributed by atoms with Crippen molar-refractivity contribution < 1.29 is 14.4 Å². The number of hydrogen-bond acceptors (Lipinski definition) is 4. The maximum atomic E-state index is 12.5. The van der Waals surface area contributed by atoms with Crippen molar-refractivity contribution in [3.63, 3.8) is 0 Å². The quantitative estimate of drug-likeness (QED) is 0.735. The number of thioether (sulfide) groups is 1. The second kappa shape index (κ2) is 8.63. The number of aryl methyl sites for hydroxylation is 2. The fraction of sp³-hybridized carbons (Fsp3) is 0.190. The van der Waals surface area contributed by atoms with Gasteiger partial charge >= 0.3 is 0 Å². The Balaban J connectivity index is 1.60. The molecule has 0 atom stereocenters. The van der Waals surface area contributed by atoms with Crippen LogP contribution in [0.3, 0.4) is 0 Å².